The van der Waals surface area contributed by atoms with Crippen LogP contribution in [0.1, 0.15) is 5.56 Å². The molecule has 0 aliphatic carbocycles. The fraction of sp³-hybridized carbons (Fsp3) is 0.143. The van der Waals surface area contributed by atoms with Gasteiger partial charge in [0.1, 0.15) is 23.3 Å². The third-order valence-corrected chi connectivity index (χ3v) is 3.12. The lowest BCUT2D eigenvalue weighted by Gasteiger charge is -2.03. The lowest BCUT2D eigenvalue weighted by Crippen LogP contribution is -1.94. The average Bonchev–Trinajstić information content (AvgIpc) is 2.85. The third-order valence-electron chi connectivity index (χ3n) is 3.12. The molecule has 0 aliphatic heterocycles. The Hall–Kier alpha value is -2.50. The van der Waals surface area contributed by atoms with E-state index in [1.807, 2.05) is 0 Å². The van der Waals surface area contributed by atoms with Crippen molar-refractivity contribution in [2.45, 2.75) is 6.92 Å². The average molecular weight is 274 g/mol. The molecule has 0 bridgehead atoms. The molecule has 2 N–H and O–H groups in total. The fourth-order valence-electron chi connectivity index (χ4n) is 2.02. The highest BCUT2D eigenvalue weighted by molar-refractivity contribution is 5.77. The summed E-state index contributed by atoms with van der Waals surface area (Å²) in [6.45, 7) is 1.58. The summed E-state index contributed by atoms with van der Waals surface area (Å²) in [5, 5.41) is 2.89. The number of hydrogen-bond acceptors (Lipinski definition) is 3. The second kappa shape index (κ2) is 4.56. The van der Waals surface area contributed by atoms with E-state index in [9.17, 15) is 8.78 Å². The van der Waals surface area contributed by atoms with Crippen molar-refractivity contribution in [2.24, 2.45) is 0 Å². The molecular formula is C14H12F2N4. The molecule has 4 nitrogen and oxygen atoms in total. The van der Waals surface area contributed by atoms with Crippen molar-refractivity contribution in [1.82, 2.24) is 15.0 Å². The lowest BCUT2D eigenvalue weighted by atomic mass is 10.1. The van der Waals surface area contributed by atoms with Gasteiger partial charge in [0.15, 0.2) is 5.65 Å². The van der Waals surface area contributed by atoms with Gasteiger partial charge in [0, 0.05) is 7.05 Å². The van der Waals surface area contributed by atoms with E-state index in [-0.39, 0.29) is 11.4 Å². The van der Waals surface area contributed by atoms with Crippen LogP contribution in [0.5, 0.6) is 0 Å². The Bertz CT molecular complexity index is 795. The van der Waals surface area contributed by atoms with Crippen LogP contribution in [0.3, 0.4) is 0 Å². The molecule has 1 aromatic carbocycles. The quantitative estimate of drug-likeness (QED) is 0.754. The van der Waals surface area contributed by atoms with Crippen molar-refractivity contribution in [3.63, 3.8) is 0 Å². The smallest absolute Gasteiger partial charge is 0.180 e. The molecule has 102 valence electrons. The maximum Gasteiger partial charge on any atom is 0.180 e. The van der Waals surface area contributed by atoms with Crippen molar-refractivity contribution in [1.29, 1.82) is 0 Å². The Labute approximate surface area is 113 Å². The second-order valence-electron chi connectivity index (χ2n) is 4.46. The molecule has 3 aromatic rings. The highest BCUT2D eigenvalue weighted by atomic mass is 19.1. The lowest BCUT2D eigenvalue weighted by molar-refractivity contribution is 0.582. The van der Waals surface area contributed by atoms with E-state index >= 15 is 0 Å². The molecule has 0 atom stereocenters. The van der Waals surface area contributed by atoms with Gasteiger partial charge in [-0.2, -0.15) is 0 Å². The molecule has 2 heterocycles. The molecule has 20 heavy (non-hydrogen) atoms. The van der Waals surface area contributed by atoms with E-state index in [0.717, 1.165) is 0 Å². The van der Waals surface area contributed by atoms with Crippen LogP contribution < -0.4 is 5.32 Å². The first-order valence-electron chi connectivity index (χ1n) is 6.09. The maximum absolute atomic E-state index is 14.1. The molecule has 2 aromatic heterocycles. The Balaban J connectivity index is 2.22. The Morgan fingerprint density at radius 3 is 2.65 bits per heavy atom. The minimum absolute atomic E-state index is 0.138. The number of rotatable bonds is 2. The molecule has 0 unspecified atom stereocenters. The zero-order valence-electron chi connectivity index (χ0n) is 11.0. The molecule has 0 saturated heterocycles. The summed E-state index contributed by atoms with van der Waals surface area (Å²) < 4.78 is 27.9. The van der Waals surface area contributed by atoms with Gasteiger partial charge in [-0.05, 0) is 30.7 Å². The molecule has 0 spiro atoms. The number of halogens is 2. The summed E-state index contributed by atoms with van der Waals surface area (Å²) in [4.78, 5) is 11.3. The first-order valence-corrected chi connectivity index (χ1v) is 6.09. The summed E-state index contributed by atoms with van der Waals surface area (Å²) in [6.07, 6.45) is 0. The van der Waals surface area contributed by atoms with E-state index in [2.05, 4.69) is 20.3 Å². The van der Waals surface area contributed by atoms with Crippen LogP contribution in [-0.4, -0.2) is 22.0 Å². The molecule has 6 heteroatoms. The van der Waals surface area contributed by atoms with E-state index in [1.165, 1.54) is 12.1 Å². The van der Waals surface area contributed by atoms with E-state index in [0.29, 0.717) is 22.5 Å². The van der Waals surface area contributed by atoms with Crippen molar-refractivity contribution in [3.8, 4) is 11.4 Å². The highest BCUT2D eigenvalue weighted by Crippen LogP contribution is 2.27. The van der Waals surface area contributed by atoms with Gasteiger partial charge < -0.3 is 10.3 Å². The predicted octanol–water partition coefficient (Wildman–Crippen LogP) is 3.25. The van der Waals surface area contributed by atoms with E-state index in [4.69, 9.17) is 0 Å². The number of nitrogens with one attached hydrogen (secondary N) is 2. The second-order valence-corrected chi connectivity index (χ2v) is 4.46. The van der Waals surface area contributed by atoms with Gasteiger partial charge in [-0.25, -0.2) is 18.7 Å². The van der Waals surface area contributed by atoms with Crippen LogP contribution in [0.4, 0.5) is 14.6 Å². The Morgan fingerprint density at radius 2 is 1.90 bits per heavy atom. The van der Waals surface area contributed by atoms with Gasteiger partial charge >= 0.3 is 0 Å². The van der Waals surface area contributed by atoms with Gasteiger partial charge in [0.2, 0.25) is 0 Å². The van der Waals surface area contributed by atoms with Gasteiger partial charge in [0.05, 0.1) is 11.1 Å². The summed E-state index contributed by atoms with van der Waals surface area (Å²) in [5.74, 6) is -0.487. The van der Waals surface area contributed by atoms with Crippen LogP contribution in [-0.2, 0) is 0 Å². The monoisotopic (exact) mass is 274 g/mol. The number of benzene rings is 1. The van der Waals surface area contributed by atoms with Crippen molar-refractivity contribution >= 4 is 17.0 Å². The molecule has 0 aliphatic rings. The molecule has 3 rings (SSSR count). The number of aromatic nitrogens is 3. The van der Waals surface area contributed by atoms with Gasteiger partial charge in [-0.3, -0.25) is 0 Å². The number of hydrogen-bond donors (Lipinski definition) is 2. The van der Waals surface area contributed by atoms with Crippen LogP contribution in [0.25, 0.3) is 22.6 Å². The standard InChI is InChI=1S/C14H12F2N4/c1-7-3-4-8(15)11(12(7)16)14-18-9-5-6-10(17-2)19-13(9)20-14/h3-6H,1-2H3,(H2,17,18,19,20). The van der Waals surface area contributed by atoms with Crippen molar-refractivity contribution < 1.29 is 8.78 Å². The van der Waals surface area contributed by atoms with Gasteiger partial charge in [0.25, 0.3) is 0 Å². The van der Waals surface area contributed by atoms with Crippen LogP contribution in [0.15, 0.2) is 24.3 Å². The first kappa shape index (κ1) is 12.5. The summed E-state index contributed by atoms with van der Waals surface area (Å²) in [7, 11) is 1.74. The maximum atomic E-state index is 14.1. The van der Waals surface area contributed by atoms with E-state index < -0.39 is 11.6 Å². The van der Waals surface area contributed by atoms with Gasteiger partial charge in [-0.1, -0.05) is 6.07 Å². The SMILES string of the molecule is CNc1ccc2[nH]c(-c3c(F)ccc(C)c3F)nc2n1. The summed E-state index contributed by atoms with van der Waals surface area (Å²) in [6, 6.07) is 6.14. The van der Waals surface area contributed by atoms with Crippen molar-refractivity contribution in [3.05, 3.63) is 41.5 Å². The Kier molecular flexibility index (Phi) is 2.85. The van der Waals surface area contributed by atoms with Crippen LogP contribution in [0, 0.1) is 18.6 Å². The molecular weight excluding hydrogens is 262 g/mol. The van der Waals surface area contributed by atoms with Gasteiger partial charge in [-0.15, -0.1) is 0 Å². The number of aryl methyl sites for hydroxylation is 1. The molecule has 0 saturated carbocycles. The topological polar surface area (TPSA) is 53.6 Å². The molecule has 0 fully saturated rings. The highest BCUT2D eigenvalue weighted by Gasteiger charge is 2.17. The van der Waals surface area contributed by atoms with E-state index in [1.54, 1.807) is 26.1 Å². The largest absolute Gasteiger partial charge is 0.373 e. The minimum atomic E-state index is -0.652. The van der Waals surface area contributed by atoms with Crippen molar-refractivity contribution in [2.75, 3.05) is 12.4 Å². The number of fused-ring (bicyclic) bond motifs is 1. The fourth-order valence-corrected chi connectivity index (χ4v) is 2.02. The minimum Gasteiger partial charge on any atom is -0.373 e. The van der Waals surface area contributed by atoms with Crippen LogP contribution >= 0.6 is 0 Å². The number of aromatic amines is 1. The first-order chi connectivity index (χ1) is 9.60. The number of pyridine rings is 1. The zero-order chi connectivity index (χ0) is 14.3. The number of nitrogens with zero attached hydrogens (tertiary/aromatic N) is 2. The third kappa shape index (κ3) is 1.89. The number of H-pyrrole nitrogens is 1. The zero-order valence-corrected chi connectivity index (χ0v) is 11.0. The molecule has 0 amide bonds. The normalized spacial score (nSPS) is 11.0. The number of anilines is 1. The molecule has 0 radical (unpaired) electrons. The predicted molar refractivity (Wildman–Crippen MR) is 73.5 cm³/mol. The number of imidazole rings is 1. The Morgan fingerprint density at radius 1 is 1.10 bits per heavy atom. The summed E-state index contributed by atoms with van der Waals surface area (Å²) >= 11 is 0. The van der Waals surface area contributed by atoms with Crippen LogP contribution in [0.2, 0.25) is 0 Å². The summed E-state index contributed by atoms with van der Waals surface area (Å²) in [5.41, 5.74) is 1.24.